The van der Waals surface area contributed by atoms with Crippen molar-refractivity contribution in [3.05, 3.63) is 46.5 Å². The van der Waals surface area contributed by atoms with Crippen molar-refractivity contribution in [1.82, 2.24) is 4.98 Å². The molecule has 0 aliphatic carbocycles. The van der Waals surface area contributed by atoms with Crippen molar-refractivity contribution in [2.75, 3.05) is 10.5 Å². The number of sulfonamides is 1. The summed E-state index contributed by atoms with van der Waals surface area (Å²) in [5.41, 5.74) is 6.32. The van der Waals surface area contributed by atoms with Crippen molar-refractivity contribution in [3.63, 3.8) is 0 Å². The Hall–Kier alpha value is -1.86. The van der Waals surface area contributed by atoms with Crippen LogP contribution in [0.3, 0.4) is 0 Å². The van der Waals surface area contributed by atoms with Gasteiger partial charge in [0, 0.05) is 6.20 Å². The molecule has 0 radical (unpaired) electrons. The van der Waals surface area contributed by atoms with Crippen LogP contribution in [0.1, 0.15) is 11.1 Å². The molecule has 0 spiro atoms. The number of nitrogens with two attached hydrogens (primary N) is 1. The highest BCUT2D eigenvalue weighted by molar-refractivity contribution is 7.92. The summed E-state index contributed by atoms with van der Waals surface area (Å²) in [5.74, 6) is -0.665. The van der Waals surface area contributed by atoms with Crippen LogP contribution in [0.2, 0.25) is 5.15 Å². The summed E-state index contributed by atoms with van der Waals surface area (Å²) in [5, 5.41) is 0.0249. The molecule has 0 bridgehead atoms. The number of hydrogen-bond donors (Lipinski definition) is 2. The molecule has 0 saturated carbocycles. The second-order valence-electron chi connectivity index (χ2n) is 4.60. The molecule has 5 nitrogen and oxygen atoms in total. The molecule has 3 N–H and O–H groups in total. The monoisotopic (exact) mass is 329 g/mol. The van der Waals surface area contributed by atoms with Gasteiger partial charge in [-0.05, 0) is 43.2 Å². The number of halogens is 2. The lowest BCUT2D eigenvalue weighted by Crippen LogP contribution is -2.15. The molecule has 2 aromatic rings. The van der Waals surface area contributed by atoms with Crippen molar-refractivity contribution < 1.29 is 12.8 Å². The van der Waals surface area contributed by atoms with Gasteiger partial charge in [-0.2, -0.15) is 0 Å². The SMILES string of the molecule is Cc1cnc(Cl)c(NS(=O)(=O)c2cc(N)c(F)cc2C)c1. The summed E-state index contributed by atoms with van der Waals surface area (Å²) in [6.07, 6.45) is 1.52. The lowest BCUT2D eigenvalue weighted by molar-refractivity contribution is 0.599. The molecule has 0 aliphatic rings. The number of nitrogens with one attached hydrogen (secondary N) is 1. The van der Waals surface area contributed by atoms with Crippen molar-refractivity contribution in [3.8, 4) is 0 Å². The Morgan fingerprint density at radius 3 is 2.62 bits per heavy atom. The normalized spacial score (nSPS) is 11.4. The molecule has 1 aromatic heterocycles. The van der Waals surface area contributed by atoms with Gasteiger partial charge in [-0.3, -0.25) is 4.72 Å². The Kier molecular flexibility index (Phi) is 4.06. The molecule has 2 rings (SSSR count). The Morgan fingerprint density at radius 1 is 1.29 bits per heavy atom. The van der Waals surface area contributed by atoms with Crippen LogP contribution in [0.4, 0.5) is 15.8 Å². The molecule has 0 saturated heterocycles. The van der Waals surface area contributed by atoms with Gasteiger partial charge in [0.15, 0.2) is 5.15 Å². The first-order chi connectivity index (χ1) is 9.70. The van der Waals surface area contributed by atoms with Gasteiger partial charge in [0.25, 0.3) is 10.0 Å². The highest BCUT2D eigenvalue weighted by atomic mass is 35.5. The van der Waals surface area contributed by atoms with Gasteiger partial charge in [-0.1, -0.05) is 11.6 Å². The minimum absolute atomic E-state index is 0.0249. The van der Waals surface area contributed by atoms with Gasteiger partial charge >= 0.3 is 0 Å². The number of pyridine rings is 1. The Labute approximate surface area is 127 Å². The van der Waals surface area contributed by atoms with E-state index in [4.69, 9.17) is 17.3 Å². The molecular formula is C13H13ClFN3O2S. The molecule has 0 unspecified atom stereocenters. The first kappa shape index (κ1) is 15.5. The van der Waals surface area contributed by atoms with Crippen LogP contribution in [0.15, 0.2) is 29.3 Å². The smallest absolute Gasteiger partial charge is 0.262 e. The van der Waals surface area contributed by atoms with Crippen LogP contribution < -0.4 is 10.5 Å². The topological polar surface area (TPSA) is 85.1 Å². The van der Waals surface area contributed by atoms with Crippen LogP contribution in [0.25, 0.3) is 0 Å². The van der Waals surface area contributed by atoms with Crippen molar-refractivity contribution in [2.24, 2.45) is 0 Å². The molecule has 1 aromatic carbocycles. The number of hydrogen-bond acceptors (Lipinski definition) is 4. The van der Waals surface area contributed by atoms with E-state index in [0.717, 1.165) is 17.7 Å². The van der Waals surface area contributed by atoms with Gasteiger partial charge < -0.3 is 5.73 Å². The second-order valence-corrected chi connectivity index (χ2v) is 6.60. The first-order valence-corrected chi connectivity index (χ1v) is 7.77. The number of nitrogens with zero attached hydrogens (tertiary/aromatic N) is 1. The van der Waals surface area contributed by atoms with E-state index < -0.39 is 15.8 Å². The van der Waals surface area contributed by atoms with Gasteiger partial charge in [0.05, 0.1) is 16.3 Å². The predicted octanol–water partition coefficient (Wildman–Crippen LogP) is 2.87. The predicted molar refractivity (Wildman–Crippen MR) is 80.3 cm³/mol. The number of aromatic nitrogens is 1. The van der Waals surface area contributed by atoms with Crippen molar-refractivity contribution in [1.29, 1.82) is 0 Å². The summed E-state index contributed by atoms with van der Waals surface area (Å²) < 4.78 is 40.4. The van der Waals surface area contributed by atoms with E-state index in [0.29, 0.717) is 0 Å². The lowest BCUT2D eigenvalue weighted by Gasteiger charge is -2.12. The summed E-state index contributed by atoms with van der Waals surface area (Å²) in [6.45, 7) is 3.23. The summed E-state index contributed by atoms with van der Waals surface area (Å²) in [6, 6.07) is 3.69. The van der Waals surface area contributed by atoms with Crippen LogP contribution in [0.5, 0.6) is 0 Å². The fourth-order valence-corrected chi connectivity index (χ4v) is 3.31. The zero-order valence-electron chi connectivity index (χ0n) is 11.3. The van der Waals surface area contributed by atoms with Gasteiger partial charge in [-0.25, -0.2) is 17.8 Å². The number of anilines is 2. The zero-order chi connectivity index (χ0) is 15.8. The highest BCUT2D eigenvalue weighted by Gasteiger charge is 2.20. The van der Waals surface area contributed by atoms with Crippen LogP contribution in [0, 0.1) is 19.7 Å². The zero-order valence-corrected chi connectivity index (χ0v) is 12.9. The van der Waals surface area contributed by atoms with Crippen molar-refractivity contribution in [2.45, 2.75) is 18.7 Å². The van der Waals surface area contributed by atoms with Crippen LogP contribution in [-0.4, -0.2) is 13.4 Å². The minimum atomic E-state index is -3.94. The molecule has 1 heterocycles. The number of aryl methyl sites for hydroxylation is 2. The third-order valence-electron chi connectivity index (χ3n) is 2.80. The van der Waals surface area contributed by atoms with Crippen LogP contribution in [-0.2, 0) is 10.0 Å². The van der Waals surface area contributed by atoms with E-state index in [1.165, 1.54) is 13.1 Å². The Balaban J connectivity index is 2.48. The van der Waals surface area contributed by atoms with Crippen LogP contribution >= 0.6 is 11.6 Å². The molecule has 0 aliphatic heterocycles. The molecule has 112 valence electrons. The Morgan fingerprint density at radius 2 is 1.95 bits per heavy atom. The largest absolute Gasteiger partial charge is 0.396 e. The summed E-state index contributed by atoms with van der Waals surface area (Å²) in [4.78, 5) is 3.75. The van der Waals surface area contributed by atoms with E-state index >= 15 is 0 Å². The maximum atomic E-state index is 13.3. The van der Waals surface area contributed by atoms with E-state index in [9.17, 15) is 12.8 Å². The lowest BCUT2D eigenvalue weighted by atomic mass is 10.2. The average Bonchev–Trinajstić information content (AvgIpc) is 2.37. The third kappa shape index (κ3) is 3.25. The van der Waals surface area contributed by atoms with E-state index in [2.05, 4.69) is 9.71 Å². The van der Waals surface area contributed by atoms with Gasteiger partial charge in [0.2, 0.25) is 0 Å². The Bertz CT molecular complexity index is 809. The number of benzene rings is 1. The van der Waals surface area contributed by atoms with Crippen molar-refractivity contribution >= 4 is 33.0 Å². The van der Waals surface area contributed by atoms with Gasteiger partial charge in [0.1, 0.15) is 5.82 Å². The molecule has 21 heavy (non-hydrogen) atoms. The number of nitrogen functional groups attached to an aromatic ring is 1. The van der Waals surface area contributed by atoms with E-state index in [1.54, 1.807) is 13.0 Å². The van der Waals surface area contributed by atoms with Gasteiger partial charge in [-0.15, -0.1) is 0 Å². The molecule has 0 atom stereocenters. The third-order valence-corrected chi connectivity index (χ3v) is 4.61. The standard InChI is InChI=1S/C13H13ClFN3O2S/c1-7-3-11(13(14)17-6-7)18-21(19,20)12-5-10(16)9(15)4-8(12)2/h3-6,18H,16H2,1-2H3. The maximum absolute atomic E-state index is 13.3. The minimum Gasteiger partial charge on any atom is -0.396 e. The molecule has 8 heteroatoms. The molecule has 0 fully saturated rings. The summed E-state index contributed by atoms with van der Waals surface area (Å²) in [7, 11) is -3.94. The highest BCUT2D eigenvalue weighted by Crippen LogP contribution is 2.26. The second kappa shape index (κ2) is 5.50. The fraction of sp³-hybridized carbons (Fsp3) is 0.154. The number of rotatable bonds is 3. The average molecular weight is 330 g/mol. The van der Waals surface area contributed by atoms with E-state index in [-0.39, 0.29) is 27.0 Å². The fourth-order valence-electron chi connectivity index (χ4n) is 1.78. The molecule has 0 amide bonds. The maximum Gasteiger partial charge on any atom is 0.262 e. The first-order valence-electron chi connectivity index (χ1n) is 5.91. The quantitative estimate of drug-likeness (QED) is 0.669. The summed E-state index contributed by atoms with van der Waals surface area (Å²) >= 11 is 5.86. The van der Waals surface area contributed by atoms with E-state index in [1.807, 2.05) is 0 Å². The molecular weight excluding hydrogens is 317 g/mol.